The van der Waals surface area contributed by atoms with Crippen LogP contribution < -0.4 is 10.5 Å². The fourth-order valence-electron chi connectivity index (χ4n) is 2.30. The Bertz CT molecular complexity index is 502. The Morgan fingerprint density at radius 2 is 1.88 bits per heavy atom. The first-order chi connectivity index (χ1) is 11.2. The molecule has 0 amide bonds. The summed E-state index contributed by atoms with van der Waals surface area (Å²) in [5, 5.41) is 9.13. The summed E-state index contributed by atoms with van der Waals surface area (Å²) in [4.78, 5) is 0. The molecule has 1 aromatic carbocycles. The monoisotopic (exact) mass is 347 g/mol. The third kappa shape index (κ3) is 7.09. The molecule has 0 saturated heterocycles. The molecule has 138 valence electrons. The molecule has 0 spiro atoms. The van der Waals surface area contributed by atoms with Gasteiger partial charge in [0.15, 0.2) is 0 Å². The van der Waals surface area contributed by atoms with Gasteiger partial charge >= 0.3 is 6.18 Å². The molecule has 1 aromatic rings. The number of benzene rings is 1. The van der Waals surface area contributed by atoms with Crippen molar-refractivity contribution >= 4 is 0 Å². The number of hydrogen-bond acceptors (Lipinski definition) is 3. The fourth-order valence-corrected chi connectivity index (χ4v) is 2.30. The first kappa shape index (κ1) is 20.8. The number of nitrogens with two attached hydrogens (primary N) is 1. The largest absolute Gasteiger partial charge is 0.493 e. The van der Waals surface area contributed by atoms with E-state index in [0.717, 1.165) is 31.7 Å². The molecule has 0 aliphatic heterocycles. The summed E-state index contributed by atoms with van der Waals surface area (Å²) < 4.78 is 45.1. The molecule has 0 radical (unpaired) electrons. The molecule has 1 atom stereocenters. The maximum atomic E-state index is 13.3. The van der Waals surface area contributed by atoms with E-state index < -0.39 is 17.3 Å². The Balaban J connectivity index is 2.78. The molecule has 24 heavy (non-hydrogen) atoms. The summed E-state index contributed by atoms with van der Waals surface area (Å²) in [6.45, 7) is 3.82. The summed E-state index contributed by atoms with van der Waals surface area (Å²) in [6.07, 6.45) is 0.123. The number of aryl methyl sites for hydroxylation is 1. The number of aliphatic hydroxyl groups excluding tert-OH is 1. The summed E-state index contributed by atoms with van der Waals surface area (Å²) in [5.41, 5.74) is 4.81. The van der Waals surface area contributed by atoms with Gasteiger partial charge in [-0.2, -0.15) is 13.2 Å². The Kier molecular flexibility index (Phi) is 8.03. The number of ether oxygens (including phenoxy) is 1. The molecule has 3 N–H and O–H groups in total. The summed E-state index contributed by atoms with van der Waals surface area (Å²) in [7, 11) is 0. The number of unbranched alkanes of at least 4 members (excludes halogenated alkanes) is 3. The van der Waals surface area contributed by atoms with Crippen LogP contribution in [0.4, 0.5) is 13.2 Å². The van der Waals surface area contributed by atoms with Gasteiger partial charge in [0.2, 0.25) is 0 Å². The lowest BCUT2D eigenvalue weighted by Crippen LogP contribution is -2.40. The predicted octanol–water partition coefficient (Wildman–Crippen LogP) is 4.31. The van der Waals surface area contributed by atoms with E-state index >= 15 is 0 Å². The van der Waals surface area contributed by atoms with E-state index in [-0.39, 0.29) is 19.0 Å². The Morgan fingerprint density at radius 3 is 2.46 bits per heavy atom. The van der Waals surface area contributed by atoms with Crippen LogP contribution in [0, 0.1) is 0 Å². The van der Waals surface area contributed by atoms with Crippen LogP contribution in [0.25, 0.3) is 0 Å². The highest BCUT2D eigenvalue weighted by Crippen LogP contribution is 2.37. The van der Waals surface area contributed by atoms with E-state index in [1.807, 2.05) is 0 Å². The van der Waals surface area contributed by atoms with E-state index in [2.05, 4.69) is 6.92 Å². The molecule has 0 heterocycles. The highest BCUT2D eigenvalue weighted by molar-refractivity contribution is 5.39. The molecule has 0 bridgehead atoms. The SMILES string of the molecule is CCCCCCOc1ccc(CCC(C)(N)CO)cc1C(F)(F)F. The molecule has 1 rings (SSSR count). The quantitative estimate of drug-likeness (QED) is 0.620. The smallest absolute Gasteiger partial charge is 0.419 e. The highest BCUT2D eigenvalue weighted by atomic mass is 19.4. The van der Waals surface area contributed by atoms with E-state index in [4.69, 9.17) is 15.6 Å². The van der Waals surface area contributed by atoms with Crippen LogP contribution >= 0.6 is 0 Å². The van der Waals surface area contributed by atoms with Crippen molar-refractivity contribution in [3.8, 4) is 5.75 Å². The zero-order chi connectivity index (χ0) is 18.2. The van der Waals surface area contributed by atoms with E-state index in [1.54, 1.807) is 13.0 Å². The summed E-state index contributed by atoms with van der Waals surface area (Å²) in [5.74, 6) is -0.125. The fraction of sp³-hybridized carbons (Fsp3) is 0.667. The van der Waals surface area contributed by atoms with Crippen LogP contribution in [0.15, 0.2) is 18.2 Å². The second kappa shape index (κ2) is 9.28. The average molecular weight is 347 g/mol. The van der Waals surface area contributed by atoms with Crippen molar-refractivity contribution in [3.63, 3.8) is 0 Å². The molecule has 3 nitrogen and oxygen atoms in total. The maximum absolute atomic E-state index is 13.3. The zero-order valence-electron chi connectivity index (χ0n) is 14.5. The van der Waals surface area contributed by atoms with E-state index in [1.165, 1.54) is 6.07 Å². The van der Waals surface area contributed by atoms with Gasteiger partial charge < -0.3 is 15.6 Å². The van der Waals surface area contributed by atoms with Crippen molar-refractivity contribution in [2.45, 2.75) is 64.1 Å². The highest BCUT2D eigenvalue weighted by Gasteiger charge is 2.34. The minimum atomic E-state index is -4.46. The lowest BCUT2D eigenvalue weighted by atomic mass is 9.94. The first-order valence-corrected chi connectivity index (χ1v) is 8.42. The van der Waals surface area contributed by atoms with Gasteiger partial charge in [0, 0.05) is 5.54 Å². The number of hydrogen-bond donors (Lipinski definition) is 2. The van der Waals surface area contributed by atoms with Gasteiger partial charge in [-0.15, -0.1) is 0 Å². The zero-order valence-corrected chi connectivity index (χ0v) is 14.5. The van der Waals surface area contributed by atoms with Crippen LogP contribution in [0.2, 0.25) is 0 Å². The van der Waals surface area contributed by atoms with Gasteiger partial charge in [-0.1, -0.05) is 32.3 Å². The lowest BCUT2D eigenvalue weighted by molar-refractivity contribution is -0.139. The third-order valence-electron chi connectivity index (χ3n) is 3.95. The number of rotatable bonds is 10. The Labute approximate surface area is 142 Å². The minimum Gasteiger partial charge on any atom is -0.493 e. The standard InChI is InChI=1S/C18H28F3NO2/c1-3-4-5-6-11-24-16-8-7-14(9-10-17(2,22)13-23)12-15(16)18(19,20)21/h7-8,12,23H,3-6,9-11,13,22H2,1-2H3. The maximum Gasteiger partial charge on any atom is 0.419 e. The molecule has 0 fully saturated rings. The van der Waals surface area contributed by atoms with Crippen LogP contribution in [-0.4, -0.2) is 23.9 Å². The lowest BCUT2D eigenvalue weighted by Gasteiger charge is -2.22. The summed E-state index contributed by atoms with van der Waals surface area (Å²) >= 11 is 0. The second-order valence-electron chi connectivity index (χ2n) is 6.55. The molecular formula is C18H28F3NO2. The normalized spacial score (nSPS) is 14.5. The van der Waals surface area contributed by atoms with Gasteiger partial charge in [-0.3, -0.25) is 0 Å². The van der Waals surface area contributed by atoms with Crippen molar-refractivity contribution in [1.82, 2.24) is 0 Å². The number of halogens is 3. The third-order valence-corrected chi connectivity index (χ3v) is 3.95. The van der Waals surface area contributed by atoms with Crippen molar-refractivity contribution in [2.24, 2.45) is 5.73 Å². The van der Waals surface area contributed by atoms with Gasteiger partial charge in [-0.25, -0.2) is 0 Å². The van der Waals surface area contributed by atoms with Gasteiger partial charge in [-0.05, 0) is 43.9 Å². The number of alkyl halides is 3. The van der Waals surface area contributed by atoms with Gasteiger partial charge in [0.25, 0.3) is 0 Å². The van der Waals surface area contributed by atoms with Crippen molar-refractivity contribution in [3.05, 3.63) is 29.3 Å². The topological polar surface area (TPSA) is 55.5 Å². The van der Waals surface area contributed by atoms with Crippen molar-refractivity contribution in [2.75, 3.05) is 13.2 Å². The molecule has 0 saturated carbocycles. The molecule has 6 heteroatoms. The molecular weight excluding hydrogens is 319 g/mol. The van der Waals surface area contributed by atoms with Crippen LogP contribution in [0.1, 0.15) is 57.1 Å². The second-order valence-corrected chi connectivity index (χ2v) is 6.55. The molecule has 0 aromatic heterocycles. The summed E-state index contributed by atoms with van der Waals surface area (Å²) in [6, 6.07) is 4.13. The van der Waals surface area contributed by atoms with Crippen molar-refractivity contribution < 1.29 is 23.0 Å². The van der Waals surface area contributed by atoms with E-state index in [9.17, 15) is 13.2 Å². The molecule has 0 aliphatic carbocycles. The van der Waals surface area contributed by atoms with E-state index in [0.29, 0.717) is 18.4 Å². The van der Waals surface area contributed by atoms with Crippen LogP contribution in [0.3, 0.4) is 0 Å². The van der Waals surface area contributed by atoms with Gasteiger partial charge in [0.1, 0.15) is 5.75 Å². The Morgan fingerprint density at radius 1 is 1.17 bits per heavy atom. The first-order valence-electron chi connectivity index (χ1n) is 8.42. The average Bonchev–Trinajstić information content (AvgIpc) is 2.52. The van der Waals surface area contributed by atoms with Crippen LogP contribution in [-0.2, 0) is 12.6 Å². The minimum absolute atomic E-state index is 0.125. The van der Waals surface area contributed by atoms with Gasteiger partial charge in [0.05, 0.1) is 18.8 Å². The number of aliphatic hydroxyl groups is 1. The molecule has 1 unspecified atom stereocenters. The Hall–Kier alpha value is -1.27. The molecule has 0 aliphatic rings. The predicted molar refractivity (Wildman–Crippen MR) is 89.1 cm³/mol. The van der Waals surface area contributed by atoms with Crippen molar-refractivity contribution in [1.29, 1.82) is 0 Å². The van der Waals surface area contributed by atoms with Crippen LogP contribution in [0.5, 0.6) is 5.75 Å².